The number of aromatic nitrogens is 3. The van der Waals surface area contributed by atoms with Gasteiger partial charge >= 0.3 is 6.18 Å². The van der Waals surface area contributed by atoms with E-state index in [1.165, 1.54) is 22.2 Å². The van der Waals surface area contributed by atoms with Crippen molar-refractivity contribution >= 4 is 28.9 Å². The Bertz CT molecular complexity index is 825. The van der Waals surface area contributed by atoms with E-state index in [9.17, 15) is 27.6 Å². The van der Waals surface area contributed by atoms with Gasteiger partial charge in [-0.05, 0) is 12.1 Å². The van der Waals surface area contributed by atoms with E-state index in [1.807, 2.05) is 0 Å². The van der Waals surface area contributed by atoms with Crippen molar-refractivity contribution in [2.24, 2.45) is 0 Å². The van der Waals surface area contributed by atoms with Crippen molar-refractivity contribution in [2.45, 2.75) is 6.18 Å². The van der Waals surface area contributed by atoms with Gasteiger partial charge < -0.3 is 9.80 Å². The zero-order valence-electron chi connectivity index (χ0n) is 13.1. The third-order valence-corrected chi connectivity index (χ3v) is 4.83. The zero-order chi connectivity index (χ0) is 18.9. The number of hydrogen-bond donors (Lipinski definition) is 1. The molecule has 0 saturated carbocycles. The molecule has 138 valence electrons. The zero-order valence-corrected chi connectivity index (χ0v) is 13.9. The Labute approximate surface area is 148 Å². The van der Waals surface area contributed by atoms with Crippen LogP contribution in [0.15, 0.2) is 18.5 Å². The number of rotatable bonds is 3. The lowest BCUT2D eigenvalue weighted by molar-refractivity contribution is -0.0882. The maximum absolute atomic E-state index is 12.4. The van der Waals surface area contributed by atoms with Crippen LogP contribution in [0.4, 0.5) is 13.2 Å². The molecule has 12 heteroatoms. The molecule has 0 aromatic carbocycles. The predicted molar refractivity (Wildman–Crippen MR) is 82.9 cm³/mol. The summed E-state index contributed by atoms with van der Waals surface area (Å²) in [6.07, 6.45) is -3.69. The third kappa shape index (κ3) is 3.59. The molecule has 1 N–H and O–H groups in total. The summed E-state index contributed by atoms with van der Waals surface area (Å²) in [6.45, 7) is 0.933. The molecule has 1 fully saturated rings. The van der Waals surface area contributed by atoms with Gasteiger partial charge in [0.05, 0.1) is 9.75 Å². The summed E-state index contributed by atoms with van der Waals surface area (Å²) >= 11 is 0.509. The average Bonchev–Trinajstić information content (AvgIpc) is 3.31. The number of Topliss-reactive ketones (excluding diaryl/α,β-unsaturated/α-hetero) is 1. The number of hydrogen-bond acceptors (Lipinski definition) is 6. The summed E-state index contributed by atoms with van der Waals surface area (Å²) in [5, 5.41) is 6.14. The van der Waals surface area contributed by atoms with Crippen molar-refractivity contribution < 1.29 is 27.6 Å². The van der Waals surface area contributed by atoms with Gasteiger partial charge in [-0.15, -0.1) is 16.4 Å². The standard InChI is InChI=1S/C14H12F3N5O3S/c15-14(16,17)10(23)8-1-2-9(26-8)12(24)21-3-5-22(6-4-21)13(25)11-18-7-19-20-11/h1-2,7H,3-6H2,(H,18,19,20). The Balaban J connectivity index is 1.61. The monoisotopic (exact) mass is 387 g/mol. The molecule has 1 aliphatic rings. The Kier molecular flexibility index (Phi) is 4.76. The summed E-state index contributed by atoms with van der Waals surface area (Å²) in [6, 6.07) is 2.20. The van der Waals surface area contributed by atoms with Gasteiger partial charge in [0.15, 0.2) is 0 Å². The van der Waals surface area contributed by atoms with Crippen LogP contribution in [0.1, 0.15) is 30.0 Å². The number of amides is 2. The van der Waals surface area contributed by atoms with Crippen molar-refractivity contribution in [3.8, 4) is 0 Å². The van der Waals surface area contributed by atoms with Crippen LogP contribution in [0, 0.1) is 0 Å². The number of carbonyl (C=O) groups excluding carboxylic acids is 3. The molecule has 1 saturated heterocycles. The number of thiophene rings is 1. The van der Waals surface area contributed by atoms with Crippen molar-refractivity contribution in [3.05, 3.63) is 34.0 Å². The molecule has 3 heterocycles. The molecule has 26 heavy (non-hydrogen) atoms. The smallest absolute Gasteiger partial charge is 0.334 e. The van der Waals surface area contributed by atoms with Crippen LogP contribution in [0.25, 0.3) is 0 Å². The van der Waals surface area contributed by atoms with Gasteiger partial charge in [0, 0.05) is 26.2 Å². The minimum absolute atomic E-state index is 0.0262. The van der Waals surface area contributed by atoms with E-state index in [2.05, 4.69) is 15.2 Å². The Hall–Kier alpha value is -2.76. The first-order valence-corrected chi connectivity index (χ1v) is 8.24. The highest BCUT2D eigenvalue weighted by molar-refractivity contribution is 7.16. The average molecular weight is 387 g/mol. The fraction of sp³-hybridized carbons (Fsp3) is 0.357. The molecule has 0 bridgehead atoms. The molecule has 2 amide bonds. The fourth-order valence-corrected chi connectivity index (χ4v) is 3.37. The minimum Gasteiger partial charge on any atom is -0.334 e. The normalized spacial score (nSPS) is 15.2. The first-order valence-electron chi connectivity index (χ1n) is 7.43. The van der Waals surface area contributed by atoms with Crippen molar-refractivity contribution in [3.63, 3.8) is 0 Å². The highest BCUT2D eigenvalue weighted by atomic mass is 32.1. The number of halogens is 3. The van der Waals surface area contributed by atoms with Crippen LogP contribution in [-0.4, -0.2) is 74.9 Å². The number of carbonyl (C=O) groups is 3. The summed E-state index contributed by atoms with van der Waals surface area (Å²) in [7, 11) is 0. The Morgan fingerprint density at radius 2 is 1.58 bits per heavy atom. The molecule has 0 unspecified atom stereocenters. The number of nitrogens with one attached hydrogen (secondary N) is 1. The van der Waals surface area contributed by atoms with Gasteiger partial charge in [0.1, 0.15) is 6.33 Å². The van der Waals surface area contributed by atoms with E-state index in [4.69, 9.17) is 0 Å². The van der Waals surface area contributed by atoms with E-state index >= 15 is 0 Å². The lowest BCUT2D eigenvalue weighted by atomic mass is 10.2. The molecular weight excluding hydrogens is 375 g/mol. The number of alkyl halides is 3. The Morgan fingerprint density at radius 1 is 1.00 bits per heavy atom. The van der Waals surface area contributed by atoms with Crippen LogP contribution in [0.2, 0.25) is 0 Å². The van der Waals surface area contributed by atoms with Crippen LogP contribution in [0.5, 0.6) is 0 Å². The quantitative estimate of drug-likeness (QED) is 0.798. The maximum atomic E-state index is 12.4. The Morgan fingerprint density at radius 3 is 2.12 bits per heavy atom. The van der Waals surface area contributed by atoms with Crippen LogP contribution < -0.4 is 0 Å². The van der Waals surface area contributed by atoms with Gasteiger partial charge in [0.25, 0.3) is 17.6 Å². The van der Waals surface area contributed by atoms with Crippen LogP contribution in [0.3, 0.4) is 0 Å². The minimum atomic E-state index is -4.97. The summed E-state index contributed by atoms with van der Waals surface area (Å²) in [4.78, 5) is 41.9. The van der Waals surface area contributed by atoms with Gasteiger partial charge in [-0.1, -0.05) is 0 Å². The van der Waals surface area contributed by atoms with Crippen LogP contribution >= 0.6 is 11.3 Å². The van der Waals surface area contributed by atoms with E-state index < -0.39 is 22.7 Å². The second kappa shape index (κ2) is 6.86. The topological polar surface area (TPSA) is 99.3 Å². The first kappa shape index (κ1) is 18.0. The highest BCUT2D eigenvalue weighted by Crippen LogP contribution is 2.27. The molecule has 2 aromatic heterocycles. The lowest BCUT2D eigenvalue weighted by Gasteiger charge is -2.33. The van der Waals surface area contributed by atoms with Crippen molar-refractivity contribution in [2.75, 3.05) is 26.2 Å². The maximum Gasteiger partial charge on any atom is 0.455 e. The molecule has 1 aliphatic heterocycles. The van der Waals surface area contributed by atoms with Crippen molar-refractivity contribution in [1.82, 2.24) is 25.0 Å². The van der Waals surface area contributed by atoms with E-state index in [1.54, 1.807) is 0 Å². The van der Waals surface area contributed by atoms with Crippen LogP contribution in [-0.2, 0) is 0 Å². The molecule has 0 atom stereocenters. The molecule has 0 spiro atoms. The number of nitrogens with zero attached hydrogens (tertiary/aromatic N) is 4. The molecular formula is C14H12F3N5O3S. The second-order valence-corrected chi connectivity index (χ2v) is 6.48. The predicted octanol–water partition coefficient (Wildman–Crippen LogP) is 1.21. The largest absolute Gasteiger partial charge is 0.455 e. The third-order valence-electron chi connectivity index (χ3n) is 3.76. The second-order valence-electron chi connectivity index (χ2n) is 5.40. The van der Waals surface area contributed by atoms with Crippen molar-refractivity contribution in [1.29, 1.82) is 0 Å². The molecule has 2 aromatic rings. The fourth-order valence-electron chi connectivity index (χ4n) is 2.44. The molecule has 3 rings (SSSR count). The first-order chi connectivity index (χ1) is 12.3. The van der Waals surface area contributed by atoms with E-state index in [0.717, 1.165) is 6.07 Å². The number of H-pyrrole nitrogens is 1. The van der Waals surface area contributed by atoms with Gasteiger partial charge in [-0.2, -0.15) is 13.2 Å². The van der Waals surface area contributed by atoms with E-state index in [0.29, 0.717) is 11.3 Å². The van der Waals surface area contributed by atoms with Gasteiger partial charge in [-0.3, -0.25) is 19.5 Å². The summed E-state index contributed by atoms with van der Waals surface area (Å²) in [5.74, 6) is -2.78. The number of aromatic amines is 1. The number of piperazine rings is 1. The lowest BCUT2D eigenvalue weighted by Crippen LogP contribution is -2.50. The van der Waals surface area contributed by atoms with Gasteiger partial charge in [0.2, 0.25) is 5.82 Å². The molecule has 0 aliphatic carbocycles. The molecule has 8 nitrogen and oxygen atoms in total. The summed E-state index contributed by atoms with van der Waals surface area (Å²) in [5.41, 5.74) is 0. The van der Waals surface area contributed by atoms with Gasteiger partial charge in [-0.25, -0.2) is 4.98 Å². The van der Waals surface area contributed by atoms with E-state index in [-0.39, 0.29) is 42.8 Å². The molecule has 0 radical (unpaired) electrons. The highest BCUT2D eigenvalue weighted by Gasteiger charge is 2.40. The number of ketones is 1. The SMILES string of the molecule is O=C(c1nc[nH]n1)N1CCN(C(=O)c2ccc(C(=O)C(F)(F)F)s2)CC1. The summed E-state index contributed by atoms with van der Waals surface area (Å²) < 4.78 is 37.3.